The van der Waals surface area contributed by atoms with Gasteiger partial charge < -0.3 is 11.1 Å². The maximum Gasteiger partial charge on any atom is 0.254 e. The lowest BCUT2D eigenvalue weighted by Crippen LogP contribution is -2.29. The zero-order valence-corrected chi connectivity index (χ0v) is 13.4. The van der Waals surface area contributed by atoms with Gasteiger partial charge in [0.1, 0.15) is 11.5 Å². The van der Waals surface area contributed by atoms with Gasteiger partial charge in [0.2, 0.25) is 0 Å². The van der Waals surface area contributed by atoms with Crippen LogP contribution in [0.3, 0.4) is 0 Å². The van der Waals surface area contributed by atoms with Gasteiger partial charge in [0.05, 0.1) is 17.5 Å². The van der Waals surface area contributed by atoms with Gasteiger partial charge in [0, 0.05) is 12.6 Å². The van der Waals surface area contributed by atoms with Crippen molar-refractivity contribution in [1.29, 1.82) is 0 Å². The maximum atomic E-state index is 13.8. The van der Waals surface area contributed by atoms with Gasteiger partial charge in [0.25, 0.3) is 5.91 Å². The summed E-state index contributed by atoms with van der Waals surface area (Å²) >= 11 is 0. The molecule has 7 heteroatoms. The molecule has 0 fully saturated rings. The zero-order valence-electron chi connectivity index (χ0n) is 12.5. The Kier molecular flexibility index (Phi) is 6.52. The van der Waals surface area contributed by atoms with Crippen LogP contribution >= 0.6 is 12.4 Å². The second-order valence-electron chi connectivity index (χ2n) is 5.03. The average Bonchev–Trinajstić information content (AvgIpc) is 2.80. The van der Waals surface area contributed by atoms with Gasteiger partial charge in [-0.3, -0.25) is 4.79 Å². The Labute approximate surface area is 135 Å². The SMILES string of the molecule is Cc1c(C(=O)NCCC(C)N)cnn1-c1ccccc1F.Cl. The first-order valence-corrected chi connectivity index (χ1v) is 6.84. The number of hydrogen-bond donors (Lipinski definition) is 2. The number of carbonyl (C=O) groups is 1. The van der Waals surface area contributed by atoms with E-state index in [-0.39, 0.29) is 30.2 Å². The number of hydrogen-bond acceptors (Lipinski definition) is 3. The lowest BCUT2D eigenvalue weighted by atomic mass is 10.2. The summed E-state index contributed by atoms with van der Waals surface area (Å²) < 4.78 is 15.2. The van der Waals surface area contributed by atoms with E-state index in [9.17, 15) is 9.18 Å². The molecule has 1 amide bonds. The number of rotatable bonds is 5. The Hall–Kier alpha value is -1.92. The number of aromatic nitrogens is 2. The van der Waals surface area contributed by atoms with E-state index in [2.05, 4.69) is 10.4 Å². The molecule has 2 rings (SSSR count). The Morgan fingerprint density at radius 1 is 1.45 bits per heavy atom. The molecule has 1 unspecified atom stereocenters. The number of nitrogens with two attached hydrogens (primary N) is 1. The fourth-order valence-electron chi connectivity index (χ4n) is 2.01. The summed E-state index contributed by atoms with van der Waals surface area (Å²) in [6.07, 6.45) is 2.15. The van der Waals surface area contributed by atoms with Crippen LogP contribution in [-0.4, -0.2) is 28.3 Å². The van der Waals surface area contributed by atoms with E-state index in [1.54, 1.807) is 25.1 Å². The van der Waals surface area contributed by atoms with Crippen molar-refractivity contribution in [3.8, 4) is 5.69 Å². The molecule has 3 N–H and O–H groups in total. The van der Waals surface area contributed by atoms with Crippen molar-refractivity contribution >= 4 is 18.3 Å². The van der Waals surface area contributed by atoms with E-state index >= 15 is 0 Å². The van der Waals surface area contributed by atoms with E-state index in [0.29, 0.717) is 29.9 Å². The number of benzene rings is 1. The van der Waals surface area contributed by atoms with E-state index in [1.165, 1.54) is 16.9 Å². The lowest BCUT2D eigenvalue weighted by Gasteiger charge is -2.08. The van der Waals surface area contributed by atoms with Crippen molar-refractivity contribution < 1.29 is 9.18 Å². The molecular weight excluding hydrogens is 307 g/mol. The van der Waals surface area contributed by atoms with Crippen LogP contribution in [0.2, 0.25) is 0 Å². The minimum Gasteiger partial charge on any atom is -0.352 e. The van der Waals surface area contributed by atoms with Crippen LogP contribution in [-0.2, 0) is 0 Å². The molecule has 0 saturated heterocycles. The fourth-order valence-corrected chi connectivity index (χ4v) is 2.01. The summed E-state index contributed by atoms with van der Waals surface area (Å²) in [5.74, 6) is -0.608. The minimum atomic E-state index is -0.382. The number of para-hydroxylation sites is 1. The van der Waals surface area contributed by atoms with Crippen molar-refractivity contribution in [3.63, 3.8) is 0 Å². The van der Waals surface area contributed by atoms with Crippen molar-refractivity contribution in [2.45, 2.75) is 26.3 Å². The summed E-state index contributed by atoms with van der Waals surface area (Å²) in [5, 5.41) is 6.89. The van der Waals surface area contributed by atoms with Crippen LogP contribution in [0.1, 0.15) is 29.4 Å². The molecule has 5 nitrogen and oxygen atoms in total. The predicted octanol–water partition coefficient (Wildman–Crippen LogP) is 2.21. The fraction of sp³-hybridized carbons (Fsp3) is 0.333. The summed E-state index contributed by atoms with van der Waals surface area (Å²) in [5.41, 5.74) is 6.99. The molecular formula is C15H20ClFN4O. The molecule has 1 aromatic heterocycles. The minimum absolute atomic E-state index is 0. The van der Waals surface area contributed by atoms with E-state index in [1.807, 2.05) is 6.92 Å². The molecule has 0 aliphatic heterocycles. The third-order valence-corrected chi connectivity index (χ3v) is 3.22. The standard InChI is InChI=1S/C15H19FN4O.ClH/c1-10(17)7-8-18-15(21)12-9-19-20(11(12)2)14-6-4-3-5-13(14)16;/h3-6,9-10H,7-8,17H2,1-2H3,(H,18,21);1H. The van der Waals surface area contributed by atoms with Crippen LogP contribution in [0.15, 0.2) is 30.5 Å². The van der Waals surface area contributed by atoms with Crippen LogP contribution in [0.5, 0.6) is 0 Å². The monoisotopic (exact) mass is 326 g/mol. The highest BCUT2D eigenvalue weighted by molar-refractivity contribution is 5.95. The molecule has 0 bridgehead atoms. The third kappa shape index (κ3) is 4.05. The topological polar surface area (TPSA) is 72.9 Å². The molecule has 0 aliphatic rings. The molecule has 0 spiro atoms. The van der Waals surface area contributed by atoms with E-state index < -0.39 is 0 Å². The van der Waals surface area contributed by atoms with Crippen molar-refractivity contribution in [2.75, 3.05) is 6.54 Å². The van der Waals surface area contributed by atoms with Crippen LogP contribution in [0.25, 0.3) is 5.69 Å². The van der Waals surface area contributed by atoms with Crippen molar-refractivity contribution in [1.82, 2.24) is 15.1 Å². The second-order valence-corrected chi connectivity index (χ2v) is 5.03. The first-order valence-electron chi connectivity index (χ1n) is 6.84. The average molecular weight is 327 g/mol. The molecule has 0 saturated carbocycles. The van der Waals surface area contributed by atoms with Crippen molar-refractivity contribution in [3.05, 3.63) is 47.5 Å². The predicted molar refractivity (Wildman–Crippen MR) is 86.1 cm³/mol. The molecule has 1 aromatic carbocycles. The lowest BCUT2D eigenvalue weighted by molar-refractivity contribution is 0.0952. The van der Waals surface area contributed by atoms with Crippen LogP contribution < -0.4 is 11.1 Å². The number of carbonyl (C=O) groups excluding carboxylic acids is 1. The smallest absolute Gasteiger partial charge is 0.254 e. The summed E-state index contributed by atoms with van der Waals surface area (Å²) in [6.45, 7) is 4.12. The van der Waals surface area contributed by atoms with E-state index in [0.717, 1.165) is 0 Å². The Bertz CT molecular complexity index is 642. The maximum absolute atomic E-state index is 13.8. The molecule has 2 aromatic rings. The second kappa shape index (κ2) is 7.91. The highest BCUT2D eigenvalue weighted by atomic mass is 35.5. The van der Waals surface area contributed by atoms with Gasteiger partial charge in [-0.05, 0) is 32.4 Å². The summed E-state index contributed by atoms with van der Waals surface area (Å²) in [4.78, 5) is 12.1. The quantitative estimate of drug-likeness (QED) is 0.884. The van der Waals surface area contributed by atoms with Gasteiger partial charge in [0.15, 0.2) is 0 Å². The van der Waals surface area contributed by atoms with Gasteiger partial charge in [-0.1, -0.05) is 12.1 Å². The third-order valence-electron chi connectivity index (χ3n) is 3.22. The first kappa shape index (κ1) is 18.1. The zero-order chi connectivity index (χ0) is 15.4. The Balaban J connectivity index is 0.00000242. The van der Waals surface area contributed by atoms with Gasteiger partial charge in [-0.15, -0.1) is 12.4 Å². The summed E-state index contributed by atoms with van der Waals surface area (Å²) in [7, 11) is 0. The van der Waals surface area contributed by atoms with Gasteiger partial charge in [-0.25, -0.2) is 9.07 Å². The highest BCUT2D eigenvalue weighted by Gasteiger charge is 2.16. The Morgan fingerprint density at radius 3 is 2.77 bits per heavy atom. The number of halogens is 2. The molecule has 22 heavy (non-hydrogen) atoms. The number of nitrogens with zero attached hydrogens (tertiary/aromatic N) is 2. The number of nitrogens with one attached hydrogen (secondary N) is 1. The normalized spacial score (nSPS) is 11.6. The van der Waals surface area contributed by atoms with Gasteiger partial charge in [-0.2, -0.15) is 5.10 Å². The Morgan fingerprint density at radius 2 is 2.14 bits per heavy atom. The molecule has 1 heterocycles. The van der Waals surface area contributed by atoms with Crippen LogP contribution in [0, 0.1) is 12.7 Å². The van der Waals surface area contributed by atoms with E-state index in [4.69, 9.17) is 5.73 Å². The largest absolute Gasteiger partial charge is 0.352 e. The molecule has 0 aliphatic carbocycles. The van der Waals surface area contributed by atoms with Crippen molar-refractivity contribution in [2.24, 2.45) is 5.73 Å². The highest BCUT2D eigenvalue weighted by Crippen LogP contribution is 2.16. The number of amides is 1. The first-order chi connectivity index (χ1) is 10.0. The molecule has 0 radical (unpaired) electrons. The summed E-state index contributed by atoms with van der Waals surface area (Å²) in [6, 6.07) is 6.35. The molecule has 1 atom stereocenters. The van der Waals surface area contributed by atoms with Gasteiger partial charge >= 0.3 is 0 Å². The molecule has 120 valence electrons. The van der Waals surface area contributed by atoms with Crippen LogP contribution in [0.4, 0.5) is 4.39 Å².